The summed E-state index contributed by atoms with van der Waals surface area (Å²) in [6.07, 6.45) is 1.46. The molecular weight excluding hydrogens is 354 g/mol. The van der Waals surface area contributed by atoms with Gasteiger partial charge in [-0.05, 0) is 42.2 Å². The Morgan fingerprint density at radius 3 is 2.43 bits per heavy atom. The van der Waals surface area contributed by atoms with Crippen molar-refractivity contribution >= 4 is 23.2 Å². The van der Waals surface area contributed by atoms with Gasteiger partial charge in [-0.2, -0.15) is 0 Å². The molecule has 1 fully saturated rings. The van der Waals surface area contributed by atoms with E-state index in [0.717, 1.165) is 43.9 Å². The first-order chi connectivity index (χ1) is 13.7. The van der Waals surface area contributed by atoms with Crippen LogP contribution in [0.3, 0.4) is 0 Å². The van der Waals surface area contributed by atoms with Crippen molar-refractivity contribution in [3.63, 3.8) is 0 Å². The quantitative estimate of drug-likeness (QED) is 0.754. The average Bonchev–Trinajstić information content (AvgIpc) is 2.75. The molecule has 0 bridgehead atoms. The zero-order valence-corrected chi connectivity index (χ0v) is 16.2. The minimum absolute atomic E-state index is 0.415. The number of carbonyl (C=O) groups excluding carboxylic acids is 2. The molecule has 3 rings (SSSR count). The molecule has 0 spiro atoms. The second-order valence-corrected chi connectivity index (χ2v) is 6.74. The molecule has 2 aromatic carbocycles. The van der Waals surface area contributed by atoms with Gasteiger partial charge in [-0.25, -0.2) is 0 Å². The first kappa shape index (κ1) is 19.9. The highest BCUT2D eigenvalue weighted by atomic mass is 16.5. The average molecular weight is 381 g/mol. The normalized spacial score (nSPS) is 13.8. The van der Waals surface area contributed by atoms with Gasteiger partial charge < -0.3 is 20.3 Å². The number of ether oxygens (including phenoxy) is 1. The van der Waals surface area contributed by atoms with Crippen molar-refractivity contribution < 1.29 is 14.3 Å². The van der Waals surface area contributed by atoms with Gasteiger partial charge in [0.05, 0.1) is 13.2 Å². The Balaban J connectivity index is 1.45. The fourth-order valence-corrected chi connectivity index (χ4v) is 3.23. The molecule has 0 atom stereocenters. The van der Waals surface area contributed by atoms with Gasteiger partial charge in [0.15, 0.2) is 0 Å². The predicted molar refractivity (Wildman–Crippen MR) is 111 cm³/mol. The maximum Gasteiger partial charge on any atom is 0.313 e. The van der Waals surface area contributed by atoms with Crippen LogP contribution in [0.1, 0.15) is 18.1 Å². The Hall–Kier alpha value is -2.86. The predicted octanol–water partition coefficient (Wildman–Crippen LogP) is 2.38. The van der Waals surface area contributed by atoms with E-state index >= 15 is 0 Å². The monoisotopic (exact) mass is 381 g/mol. The largest absolute Gasteiger partial charge is 0.378 e. The number of hydrogen-bond acceptors (Lipinski definition) is 4. The Kier molecular flexibility index (Phi) is 7.03. The highest BCUT2D eigenvalue weighted by Crippen LogP contribution is 2.17. The minimum Gasteiger partial charge on any atom is -0.378 e. The second-order valence-electron chi connectivity index (χ2n) is 6.74. The summed E-state index contributed by atoms with van der Waals surface area (Å²) >= 11 is 0. The van der Waals surface area contributed by atoms with Crippen LogP contribution in [0, 0.1) is 0 Å². The molecule has 0 unspecified atom stereocenters. The molecular formula is C22H27N3O3. The van der Waals surface area contributed by atoms with E-state index in [1.807, 2.05) is 25.1 Å². The third kappa shape index (κ3) is 5.33. The highest BCUT2D eigenvalue weighted by molar-refractivity contribution is 6.39. The third-order valence-electron chi connectivity index (χ3n) is 4.86. The topological polar surface area (TPSA) is 70.7 Å². The molecule has 1 aliphatic heterocycles. The van der Waals surface area contributed by atoms with Gasteiger partial charge in [-0.1, -0.05) is 37.3 Å². The molecule has 0 aliphatic carbocycles. The van der Waals surface area contributed by atoms with Crippen LogP contribution in [0.15, 0.2) is 48.5 Å². The minimum atomic E-state index is -0.636. The van der Waals surface area contributed by atoms with Crippen LogP contribution in [0.25, 0.3) is 0 Å². The first-order valence-electron chi connectivity index (χ1n) is 9.76. The molecule has 1 heterocycles. The van der Waals surface area contributed by atoms with E-state index in [9.17, 15) is 9.59 Å². The van der Waals surface area contributed by atoms with E-state index in [1.165, 1.54) is 5.69 Å². The Morgan fingerprint density at radius 1 is 1.00 bits per heavy atom. The van der Waals surface area contributed by atoms with Crippen LogP contribution in [-0.4, -0.2) is 44.7 Å². The number of nitrogens with zero attached hydrogens (tertiary/aromatic N) is 1. The fraction of sp³-hybridized carbons (Fsp3) is 0.364. The highest BCUT2D eigenvalue weighted by Gasteiger charge is 2.14. The van der Waals surface area contributed by atoms with Crippen molar-refractivity contribution in [3.05, 3.63) is 59.7 Å². The van der Waals surface area contributed by atoms with E-state index in [-0.39, 0.29) is 0 Å². The number of nitrogens with one attached hydrogen (secondary N) is 2. The zero-order chi connectivity index (χ0) is 19.8. The number of morpholine rings is 1. The summed E-state index contributed by atoms with van der Waals surface area (Å²) in [5.41, 5.74) is 3.99. The summed E-state index contributed by atoms with van der Waals surface area (Å²) in [6.45, 7) is 5.77. The number of anilines is 2. The number of amides is 2. The number of aryl methyl sites for hydroxylation is 1. The van der Waals surface area contributed by atoms with Gasteiger partial charge in [-0.3, -0.25) is 9.59 Å². The Morgan fingerprint density at radius 2 is 1.71 bits per heavy atom. The number of hydrogen-bond donors (Lipinski definition) is 2. The van der Waals surface area contributed by atoms with Gasteiger partial charge in [-0.15, -0.1) is 0 Å². The molecule has 2 amide bonds. The SMILES string of the molecule is CCc1ccccc1NC(=O)C(=O)NCCc1ccc(N2CCOCC2)cc1. The van der Waals surface area contributed by atoms with Crippen molar-refractivity contribution in [2.75, 3.05) is 43.1 Å². The number of benzene rings is 2. The van der Waals surface area contributed by atoms with Gasteiger partial charge in [0, 0.05) is 31.0 Å². The number of rotatable bonds is 6. The molecule has 2 aromatic rings. The Labute approximate surface area is 165 Å². The third-order valence-corrected chi connectivity index (χ3v) is 4.86. The lowest BCUT2D eigenvalue weighted by atomic mass is 10.1. The maximum atomic E-state index is 12.1. The van der Waals surface area contributed by atoms with Crippen LogP contribution in [0.2, 0.25) is 0 Å². The Bertz CT molecular complexity index is 799. The summed E-state index contributed by atoms with van der Waals surface area (Å²) in [4.78, 5) is 26.5. The van der Waals surface area contributed by atoms with Gasteiger partial charge in [0.2, 0.25) is 0 Å². The lowest BCUT2D eigenvalue weighted by molar-refractivity contribution is -0.136. The molecule has 6 nitrogen and oxygen atoms in total. The molecule has 0 saturated carbocycles. The van der Waals surface area contributed by atoms with Gasteiger partial charge in [0.25, 0.3) is 0 Å². The van der Waals surface area contributed by atoms with Crippen molar-refractivity contribution in [1.82, 2.24) is 5.32 Å². The number of carbonyl (C=O) groups is 2. The maximum absolute atomic E-state index is 12.1. The van der Waals surface area contributed by atoms with Crippen LogP contribution < -0.4 is 15.5 Å². The lowest BCUT2D eigenvalue weighted by Gasteiger charge is -2.28. The van der Waals surface area contributed by atoms with Crippen molar-refractivity contribution in [2.24, 2.45) is 0 Å². The van der Waals surface area contributed by atoms with Crippen LogP contribution in [0.4, 0.5) is 11.4 Å². The van der Waals surface area contributed by atoms with E-state index in [0.29, 0.717) is 18.7 Å². The van der Waals surface area contributed by atoms with Crippen LogP contribution in [0.5, 0.6) is 0 Å². The lowest BCUT2D eigenvalue weighted by Crippen LogP contribution is -2.36. The molecule has 148 valence electrons. The summed E-state index contributed by atoms with van der Waals surface area (Å²) in [6, 6.07) is 15.8. The summed E-state index contributed by atoms with van der Waals surface area (Å²) in [5, 5.41) is 5.38. The van der Waals surface area contributed by atoms with E-state index in [4.69, 9.17) is 4.74 Å². The van der Waals surface area contributed by atoms with E-state index in [1.54, 1.807) is 6.07 Å². The van der Waals surface area contributed by atoms with Gasteiger partial charge >= 0.3 is 11.8 Å². The van der Waals surface area contributed by atoms with Crippen LogP contribution in [-0.2, 0) is 27.2 Å². The zero-order valence-electron chi connectivity index (χ0n) is 16.2. The smallest absolute Gasteiger partial charge is 0.313 e. The van der Waals surface area contributed by atoms with Crippen LogP contribution >= 0.6 is 0 Å². The molecule has 2 N–H and O–H groups in total. The fourth-order valence-electron chi connectivity index (χ4n) is 3.23. The molecule has 1 aliphatic rings. The summed E-state index contributed by atoms with van der Waals surface area (Å²) in [7, 11) is 0. The van der Waals surface area contributed by atoms with Crippen molar-refractivity contribution in [2.45, 2.75) is 19.8 Å². The summed E-state index contributed by atoms with van der Waals surface area (Å²) in [5.74, 6) is -1.25. The first-order valence-corrected chi connectivity index (χ1v) is 9.76. The van der Waals surface area contributed by atoms with Crippen molar-refractivity contribution in [1.29, 1.82) is 0 Å². The molecule has 0 radical (unpaired) electrons. The van der Waals surface area contributed by atoms with Gasteiger partial charge in [0.1, 0.15) is 0 Å². The standard InChI is InChI=1S/C22H27N3O3/c1-2-18-5-3-4-6-20(18)24-22(27)21(26)23-12-11-17-7-9-19(10-8-17)25-13-15-28-16-14-25/h3-10H,2,11-16H2,1H3,(H,23,26)(H,24,27). The second kappa shape index (κ2) is 9.90. The van der Waals surface area contributed by atoms with E-state index in [2.05, 4.69) is 39.8 Å². The summed E-state index contributed by atoms with van der Waals surface area (Å²) < 4.78 is 5.38. The molecule has 1 saturated heterocycles. The van der Waals surface area contributed by atoms with E-state index < -0.39 is 11.8 Å². The molecule has 28 heavy (non-hydrogen) atoms. The molecule has 0 aromatic heterocycles. The molecule has 6 heteroatoms. The number of para-hydroxylation sites is 1. The van der Waals surface area contributed by atoms with Crippen molar-refractivity contribution in [3.8, 4) is 0 Å².